The van der Waals surface area contributed by atoms with Gasteiger partial charge in [-0.2, -0.15) is 0 Å². The summed E-state index contributed by atoms with van der Waals surface area (Å²) in [6, 6.07) is 3.65. The van der Waals surface area contributed by atoms with Crippen molar-refractivity contribution in [1.82, 2.24) is 4.98 Å². The molecule has 2 aromatic rings. The van der Waals surface area contributed by atoms with Crippen molar-refractivity contribution in [2.24, 2.45) is 0 Å². The lowest BCUT2D eigenvalue weighted by molar-refractivity contribution is 0.440. The molecular weight excluding hydrogens is 253 g/mol. The number of halogens is 2. The van der Waals surface area contributed by atoms with Crippen LogP contribution in [0.15, 0.2) is 22.7 Å². The normalized spacial score (nSPS) is 10.7. The number of aromatic nitrogens is 1. The minimum absolute atomic E-state index is 0.131. The van der Waals surface area contributed by atoms with Gasteiger partial charge in [0.15, 0.2) is 0 Å². The van der Waals surface area contributed by atoms with E-state index in [-0.39, 0.29) is 21.6 Å². The van der Waals surface area contributed by atoms with Crippen molar-refractivity contribution in [3.05, 3.63) is 28.5 Å². The highest BCUT2D eigenvalue weighted by Gasteiger charge is 2.08. The molecule has 72 valence electrons. The lowest BCUT2D eigenvalue weighted by Crippen LogP contribution is -1.84. The standard InChI is InChI=1S/C9H5BrFNO2/c10-5-1-4-7(2-6(5)11)12-9(14)3-8(4)13/h1-3H,(H2,12,13,14). The molecular formula is C9H5BrFNO2. The summed E-state index contributed by atoms with van der Waals surface area (Å²) in [4.78, 5) is 3.67. The van der Waals surface area contributed by atoms with Gasteiger partial charge in [0.2, 0.25) is 5.88 Å². The number of benzene rings is 1. The van der Waals surface area contributed by atoms with Crippen LogP contribution in [0.4, 0.5) is 4.39 Å². The molecule has 0 spiro atoms. The number of hydrogen-bond donors (Lipinski definition) is 2. The van der Waals surface area contributed by atoms with Gasteiger partial charge in [-0.3, -0.25) is 0 Å². The second-order valence-corrected chi connectivity index (χ2v) is 3.64. The largest absolute Gasteiger partial charge is 0.507 e. The summed E-state index contributed by atoms with van der Waals surface area (Å²) in [7, 11) is 0. The Hall–Kier alpha value is -1.36. The van der Waals surface area contributed by atoms with Gasteiger partial charge in [0.05, 0.1) is 9.99 Å². The van der Waals surface area contributed by atoms with E-state index in [9.17, 15) is 9.50 Å². The lowest BCUT2D eigenvalue weighted by Gasteiger charge is -2.02. The Morgan fingerprint density at radius 2 is 1.93 bits per heavy atom. The zero-order valence-corrected chi connectivity index (χ0v) is 8.42. The Morgan fingerprint density at radius 1 is 1.21 bits per heavy atom. The summed E-state index contributed by atoms with van der Waals surface area (Å²) < 4.78 is 13.3. The zero-order valence-electron chi connectivity index (χ0n) is 6.83. The van der Waals surface area contributed by atoms with Crippen LogP contribution in [-0.2, 0) is 0 Å². The van der Waals surface area contributed by atoms with Gasteiger partial charge in [-0.25, -0.2) is 9.37 Å². The quantitative estimate of drug-likeness (QED) is 0.763. The molecule has 3 nitrogen and oxygen atoms in total. The molecule has 0 aliphatic rings. The highest BCUT2D eigenvalue weighted by Crippen LogP contribution is 2.30. The van der Waals surface area contributed by atoms with Gasteiger partial charge in [0, 0.05) is 17.5 Å². The van der Waals surface area contributed by atoms with Gasteiger partial charge in [0.1, 0.15) is 11.6 Å². The first-order valence-corrected chi connectivity index (χ1v) is 4.55. The number of nitrogens with zero attached hydrogens (tertiary/aromatic N) is 1. The van der Waals surface area contributed by atoms with Crippen LogP contribution in [0.5, 0.6) is 11.6 Å². The fourth-order valence-corrected chi connectivity index (χ4v) is 1.53. The van der Waals surface area contributed by atoms with Crippen LogP contribution in [0.25, 0.3) is 10.9 Å². The van der Waals surface area contributed by atoms with E-state index in [0.717, 1.165) is 12.1 Å². The molecule has 0 atom stereocenters. The second-order valence-electron chi connectivity index (χ2n) is 2.78. The third kappa shape index (κ3) is 1.39. The summed E-state index contributed by atoms with van der Waals surface area (Å²) in [5.74, 6) is -0.958. The summed E-state index contributed by atoms with van der Waals surface area (Å²) in [6.07, 6.45) is 0. The fourth-order valence-electron chi connectivity index (χ4n) is 1.19. The van der Waals surface area contributed by atoms with E-state index in [1.165, 1.54) is 6.07 Å². The zero-order chi connectivity index (χ0) is 10.3. The highest BCUT2D eigenvalue weighted by atomic mass is 79.9. The maximum absolute atomic E-state index is 13.1. The van der Waals surface area contributed by atoms with Crippen LogP contribution in [-0.4, -0.2) is 15.2 Å². The molecule has 1 heterocycles. The third-order valence-corrected chi connectivity index (χ3v) is 2.42. The second kappa shape index (κ2) is 3.09. The topological polar surface area (TPSA) is 53.4 Å². The Labute approximate surface area is 87.0 Å². The van der Waals surface area contributed by atoms with Crippen LogP contribution in [0, 0.1) is 5.82 Å². The number of rotatable bonds is 0. The first kappa shape index (κ1) is 9.21. The van der Waals surface area contributed by atoms with Gasteiger partial charge in [-0.05, 0) is 22.0 Å². The summed E-state index contributed by atoms with van der Waals surface area (Å²) >= 11 is 2.99. The Balaban J connectivity index is 2.89. The number of hydrogen-bond acceptors (Lipinski definition) is 3. The molecule has 0 aliphatic carbocycles. The molecule has 0 bridgehead atoms. The van der Waals surface area contributed by atoms with Crippen LogP contribution in [0.1, 0.15) is 0 Å². The Bertz CT molecular complexity index is 516. The van der Waals surface area contributed by atoms with E-state index in [1.807, 2.05) is 0 Å². The van der Waals surface area contributed by atoms with E-state index >= 15 is 0 Å². The van der Waals surface area contributed by atoms with Crippen LogP contribution in [0.2, 0.25) is 0 Å². The molecule has 0 amide bonds. The van der Waals surface area contributed by atoms with E-state index in [0.29, 0.717) is 5.39 Å². The average molecular weight is 258 g/mol. The predicted octanol–water partition coefficient (Wildman–Crippen LogP) is 2.55. The first-order valence-electron chi connectivity index (χ1n) is 3.75. The number of aromatic hydroxyl groups is 2. The Kier molecular flexibility index (Phi) is 2.03. The van der Waals surface area contributed by atoms with Crippen molar-refractivity contribution in [3.8, 4) is 11.6 Å². The van der Waals surface area contributed by atoms with E-state index in [4.69, 9.17) is 5.11 Å². The summed E-state index contributed by atoms with van der Waals surface area (Å²) in [5, 5.41) is 18.9. The van der Waals surface area contributed by atoms with Crippen molar-refractivity contribution < 1.29 is 14.6 Å². The maximum atomic E-state index is 13.1. The molecule has 1 aromatic carbocycles. The van der Waals surface area contributed by atoms with Crippen molar-refractivity contribution in [2.75, 3.05) is 0 Å². The molecule has 0 radical (unpaired) electrons. The van der Waals surface area contributed by atoms with Gasteiger partial charge < -0.3 is 10.2 Å². The molecule has 0 saturated heterocycles. The van der Waals surface area contributed by atoms with E-state index < -0.39 is 5.82 Å². The fraction of sp³-hybridized carbons (Fsp3) is 0. The minimum Gasteiger partial charge on any atom is -0.507 e. The molecule has 0 saturated carbocycles. The average Bonchev–Trinajstić information content (AvgIpc) is 2.08. The highest BCUT2D eigenvalue weighted by molar-refractivity contribution is 9.10. The van der Waals surface area contributed by atoms with Gasteiger partial charge in [-0.1, -0.05) is 0 Å². The molecule has 2 rings (SSSR count). The minimum atomic E-state index is -0.491. The Morgan fingerprint density at radius 3 is 2.64 bits per heavy atom. The molecule has 0 aliphatic heterocycles. The van der Waals surface area contributed by atoms with Crippen LogP contribution >= 0.6 is 15.9 Å². The third-order valence-electron chi connectivity index (χ3n) is 1.82. The van der Waals surface area contributed by atoms with Crippen LogP contribution < -0.4 is 0 Å². The van der Waals surface area contributed by atoms with Gasteiger partial charge in [-0.15, -0.1) is 0 Å². The predicted molar refractivity (Wildman–Crippen MR) is 52.7 cm³/mol. The maximum Gasteiger partial charge on any atom is 0.215 e. The van der Waals surface area contributed by atoms with Crippen molar-refractivity contribution >= 4 is 26.8 Å². The van der Waals surface area contributed by atoms with Crippen LogP contribution in [0.3, 0.4) is 0 Å². The van der Waals surface area contributed by atoms with Gasteiger partial charge in [0.25, 0.3) is 0 Å². The number of fused-ring (bicyclic) bond motifs is 1. The molecule has 2 N–H and O–H groups in total. The number of pyridine rings is 1. The molecule has 0 fully saturated rings. The summed E-state index contributed by atoms with van der Waals surface area (Å²) in [6.45, 7) is 0. The van der Waals surface area contributed by atoms with E-state index in [1.54, 1.807) is 0 Å². The van der Waals surface area contributed by atoms with Crippen molar-refractivity contribution in [3.63, 3.8) is 0 Å². The summed E-state index contributed by atoms with van der Waals surface area (Å²) in [5.41, 5.74) is 0.211. The van der Waals surface area contributed by atoms with Crippen molar-refractivity contribution in [1.29, 1.82) is 0 Å². The SMILES string of the molecule is Oc1cc(O)c2cc(Br)c(F)cc2n1. The first-order chi connectivity index (χ1) is 6.58. The molecule has 1 aromatic heterocycles. The van der Waals surface area contributed by atoms with Crippen molar-refractivity contribution in [2.45, 2.75) is 0 Å². The van der Waals surface area contributed by atoms with Gasteiger partial charge >= 0.3 is 0 Å². The van der Waals surface area contributed by atoms with E-state index in [2.05, 4.69) is 20.9 Å². The molecule has 5 heteroatoms. The monoisotopic (exact) mass is 257 g/mol. The molecule has 14 heavy (non-hydrogen) atoms. The smallest absolute Gasteiger partial charge is 0.215 e. The lowest BCUT2D eigenvalue weighted by atomic mass is 10.2. The molecule has 0 unspecified atom stereocenters.